The van der Waals surface area contributed by atoms with Crippen molar-refractivity contribution in [2.75, 3.05) is 13.2 Å². The van der Waals surface area contributed by atoms with Crippen molar-refractivity contribution >= 4 is 17.9 Å². The number of hydrogen-bond acceptors (Lipinski definition) is 6. The van der Waals surface area contributed by atoms with Gasteiger partial charge in [-0.25, -0.2) is 0 Å². The lowest BCUT2D eigenvalue weighted by Crippen LogP contribution is -2.30. The van der Waals surface area contributed by atoms with Gasteiger partial charge in [-0.05, 0) is 70.6 Å². The number of unbranched alkanes of at least 4 members (excludes halogenated alkanes) is 48. The first-order valence-corrected chi connectivity index (χ1v) is 33.8. The summed E-state index contributed by atoms with van der Waals surface area (Å²) in [6, 6.07) is 0. The van der Waals surface area contributed by atoms with Crippen LogP contribution in [0.2, 0.25) is 0 Å². The third kappa shape index (κ3) is 62.6. The predicted molar refractivity (Wildman–Crippen MR) is 326 cm³/mol. The number of esters is 3. The van der Waals surface area contributed by atoms with Crippen molar-refractivity contribution in [1.82, 2.24) is 0 Å². The molecule has 0 heterocycles. The molecule has 0 saturated carbocycles. The molecule has 0 spiro atoms. The Morgan fingerprint density at radius 1 is 0.253 bits per heavy atom. The normalized spacial score (nSPS) is 12.1. The molecule has 0 bridgehead atoms. The van der Waals surface area contributed by atoms with Gasteiger partial charge in [-0.1, -0.05) is 315 Å². The number of carbonyl (C=O) groups excluding carboxylic acids is 3. The van der Waals surface area contributed by atoms with E-state index in [9.17, 15) is 14.4 Å². The molecule has 0 aliphatic carbocycles. The van der Waals surface area contributed by atoms with Crippen LogP contribution in [-0.2, 0) is 28.6 Å². The Bertz CT molecular complexity index is 1210. The summed E-state index contributed by atoms with van der Waals surface area (Å²) >= 11 is 0. The Hall–Kier alpha value is -2.11. The van der Waals surface area contributed by atoms with Gasteiger partial charge < -0.3 is 14.2 Å². The standard InChI is InChI=1S/C69H130O6/c1-4-7-10-13-16-19-22-25-28-31-33-34-35-36-37-39-41-44-47-50-53-56-59-62-68(71)74-65-66(64-73-67(70)61-58-55-52-49-46-43-40-30-27-24-21-18-15-12-9-6-3)75-69(72)63-60-57-54-51-48-45-42-38-32-29-26-23-20-17-14-11-8-5-2/h30-31,33,40,66H,4-29,32,34-39,41-65H2,1-3H3/b33-31-,40-30-. The molecule has 6 heteroatoms. The fraction of sp³-hybridized carbons (Fsp3) is 0.899. The summed E-state index contributed by atoms with van der Waals surface area (Å²) < 4.78 is 17.0. The molecule has 1 atom stereocenters. The van der Waals surface area contributed by atoms with Gasteiger partial charge in [0.05, 0.1) is 0 Å². The quantitative estimate of drug-likeness (QED) is 0.0261. The maximum absolute atomic E-state index is 12.9. The molecule has 0 radical (unpaired) electrons. The van der Waals surface area contributed by atoms with E-state index in [4.69, 9.17) is 14.2 Å². The highest BCUT2D eigenvalue weighted by Crippen LogP contribution is 2.18. The summed E-state index contributed by atoms with van der Waals surface area (Å²) in [7, 11) is 0. The largest absolute Gasteiger partial charge is 0.462 e. The van der Waals surface area contributed by atoms with Gasteiger partial charge in [-0.15, -0.1) is 0 Å². The molecule has 0 amide bonds. The molecular weight excluding hydrogens is 925 g/mol. The lowest BCUT2D eigenvalue weighted by atomic mass is 10.0. The van der Waals surface area contributed by atoms with Crippen molar-refractivity contribution in [1.29, 1.82) is 0 Å². The summed E-state index contributed by atoms with van der Waals surface area (Å²) in [5.74, 6) is -0.848. The lowest BCUT2D eigenvalue weighted by molar-refractivity contribution is -0.167. The van der Waals surface area contributed by atoms with Crippen LogP contribution in [0, 0.1) is 0 Å². The molecule has 0 N–H and O–H groups in total. The smallest absolute Gasteiger partial charge is 0.306 e. The molecule has 75 heavy (non-hydrogen) atoms. The van der Waals surface area contributed by atoms with Gasteiger partial charge in [-0.3, -0.25) is 14.4 Å². The van der Waals surface area contributed by atoms with Crippen LogP contribution in [0.5, 0.6) is 0 Å². The zero-order chi connectivity index (χ0) is 54.3. The lowest BCUT2D eigenvalue weighted by Gasteiger charge is -2.18. The minimum Gasteiger partial charge on any atom is -0.462 e. The molecule has 0 aromatic rings. The number of rotatable bonds is 63. The second-order valence-electron chi connectivity index (χ2n) is 23.1. The van der Waals surface area contributed by atoms with Gasteiger partial charge in [0.15, 0.2) is 6.10 Å². The van der Waals surface area contributed by atoms with E-state index in [1.165, 1.54) is 276 Å². The topological polar surface area (TPSA) is 78.9 Å². The Balaban J connectivity index is 4.29. The highest BCUT2D eigenvalue weighted by molar-refractivity contribution is 5.71. The van der Waals surface area contributed by atoms with E-state index in [0.29, 0.717) is 19.3 Å². The monoisotopic (exact) mass is 1050 g/mol. The van der Waals surface area contributed by atoms with Crippen LogP contribution in [0.25, 0.3) is 0 Å². The predicted octanol–water partition coefficient (Wildman–Crippen LogP) is 23.0. The highest BCUT2D eigenvalue weighted by Gasteiger charge is 2.19. The molecule has 0 saturated heterocycles. The summed E-state index contributed by atoms with van der Waals surface area (Å²) in [6.07, 6.45) is 77.6. The fourth-order valence-electron chi connectivity index (χ4n) is 10.3. The summed E-state index contributed by atoms with van der Waals surface area (Å²) in [4.78, 5) is 38.4. The van der Waals surface area contributed by atoms with Crippen molar-refractivity contribution < 1.29 is 28.6 Å². The first-order valence-electron chi connectivity index (χ1n) is 33.8. The van der Waals surface area contributed by atoms with Crippen LogP contribution in [0.4, 0.5) is 0 Å². The maximum atomic E-state index is 12.9. The van der Waals surface area contributed by atoms with Crippen molar-refractivity contribution in [3.63, 3.8) is 0 Å². The number of ether oxygens (including phenoxy) is 3. The zero-order valence-electron chi connectivity index (χ0n) is 50.8. The highest BCUT2D eigenvalue weighted by atomic mass is 16.6. The Kier molecular flexibility index (Phi) is 62.6. The van der Waals surface area contributed by atoms with Gasteiger partial charge >= 0.3 is 17.9 Å². The van der Waals surface area contributed by atoms with Gasteiger partial charge in [-0.2, -0.15) is 0 Å². The van der Waals surface area contributed by atoms with Gasteiger partial charge in [0, 0.05) is 19.3 Å². The summed E-state index contributed by atoms with van der Waals surface area (Å²) in [6.45, 7) is 6.71. The minimum atomic E-state index is -0.772. The molecule has 442 valence electrons. The molecule has 6 nitrogen and oxygen atoms in total. The SMILES string of the molecule is CCCCCCCCC/C=C\CCCCCCCC(=O)OCC(COC(=O)CCCCCCCCCCCCC/C=C\CCCCCCCCCC)OC(=O)CCCCCCCCCCCCCCCCCCCC. The summed E-state index contributed by atoms with van der Waals surface area (Å²) in [5.41, 5.74) is 0. The van der Waals surface area contributed by atoms with Crippen LogP contribution in [0.15, 0.2) is 24.3 Å². The fourth-order valence-corrected chi connectivity index (χ4v) is 10.3. The average Bonchev–Trinajstić information content (AvgIpc) is 3.41. The van der Waals surface area contributed by atoms with E-state index in [1.54, 1.807) is 0 Å². The van der Waals surface area contributed by atoms with E-state index in [0.717, 1.165) is 64.2 Å². The average molecular weight is 1060 g/mol. The van der Waals surface area contributed by atoms with E-state index in [2.05, 4.69) is 45.1 Å². The van der Waals surface area contributed by atoms with Crippen molar-refractivity contribution in [3.8, 4) is 0 Å². The Labute approximate surface area is 468 Å². The number of hydrogen-bond donors (Lipinski definition) is 0. The molecule has 0 aromatic carbocycles. The molecular formula is C69H130O6. The molecule has 1 unspecified atom stereocenters. The van der Waals surface area contributed by atoms with Crippen LogP contribution in [-0.4, -0.2) is 37.2 Å². The van der Waals surface area contributed by atoms with E-state index in [-0.39, 0.29) is 31.1 Å². The van der Waals surface area contributed by atoms with Crippen molar-refractivity contribution in [2.24, 2.45) is 0 Å². The van der Waals surface area contributed by atoms with E-state index < -0.39 is 6.10 Å². The molecule has 0 aliphatic heterocycles. The second-order valence-corrected chi connectivity index (χ2v) is 23.1. The zero-order valence-corrected chi connectivity index (χ0v) is 50.8. The molecule has 0 rings (SSSR count). The van der Waals surface area contributed by atoms with Crippen LogP contribution in [0.1, 0.15) is 380 Å². The minimum absolute atomic E-state index is 0.0689. The van der Waals surface area contributed by atoms with Crippen LogP contribution < -0.4 is 0 Å². The molecule has 0 aromatic heterocycles. The second kappa shape index (κ2) is 64.4. The molecule has 0 fully saturated rings. The van der Waals surface area contributed by atoms with E-state index >= 15 is 0 Å². The van der Waals surface area contributed by atoms with E-state index in [1.807, 2.05) is 0 Å². The van der Waals surface area contributed by atoms with Crippen LogP contribution >= 0.6 is 0 Å². The number of carbonyl (C=O) groups is 3. The Morgan fingerprint density at radius 3 is 0.667 bits per heavy atom. The van der Waals surface area contributed by atoms with Gasteiger partial charge in [0.2, 0.25) is 0 Å². The first kappa shape index (κ1) is 72.9. The van der Waals surface area contributed by atoms with Gasteiger partial charge in [0.1, 0.15) is 13.2 Å². The molecule has 0 aliphatic rings. The van der Waals surface area contributed by atoms with Crippen molar-refractivity contribution in [3.05, 3.63) is 24.3 Å². The van der Waals surface area contributed by atoms with Gasteiger partial charge in [0.25, 0.3) is 0 Å². The first-order chi connectivity index (χ1) is 37.0. The van der Waals surface area contributed by atoms with Crippen LogP contribution in [0.3, 0.4) is 0 Å². The number of allylic oxidation sites excluding steroid dienone is 4. The third-order valence-corrected chi connectivity index (χ3v) is 15.4. The maximum Gasteiger partial charge on any atom is 0.306 e. The Morgan fingerprint density at radius 2 is 0.440 bits per heavy atom. The van der Waals surface area contributed by atoms with Crippen molar-refractivity contribution in [2.45, 2.75) is 386 Å². The third-order valence-electron chi connectivity index (χ3n) is 15.4. The summed E-state index contributed by atoms with van der Waals surface area (Å²) in [5, 5.41) is 0.